The van der Waals surface area contributed by atoms with Crippen molar-refractivity contribution in [3.05, 3.63) is 29.0 Å². The Labute approximate surface area is 128 Å². The van der Waals surface area contributed by atoms with Crippen LogP contribution in [0.5, 0.6) is 17.2 Å². The number of phenolic OH excluding ortho intramolecular Hbond substituents is 2. The van der Waals surface area contributed by atoms with E-state index in [9.17, 15) is 19.8 Å². The summed E-state index contributed by atoms with van der Waals surface area (Å²) in [6, 6.07) is 1.14. The van der Waals surface area contributed by atoms with E-state index in [0.717, 1.165) is 12.1 Å². The first-order valence-electron chi connectivity index (χ1n) is 7.16. The van der Waals surface area contributed by atoms with Crippen LogP contribution in [0.25, 0.3) is 0 Å². The molecule has 0 heterocycles. The van der Waals surface area contributed by atoms with Gasteiger partial charge in [0.15, 0.2) is 23.0 Å². The molecule has 2 rings (SSSR count). The van der Waals surface area contributed by atoms with Gasteiger partial charge < -0.3 is 19.7 Å². The number of carbonyl (C=O) groups excluding carboxylic acids is 2. The van der Waals surface area contributed by atoms with Crippen LogP contribution in [0.1, 0.15) is 47.4 Å². The molecule has 0 radical (unpaired) electrons. The van der Waals surface area contributed by atoms with Gasteiger partial charge in [-0.3, -0.25) is 9.59 Å². The van der Waals surface area contributed by atoms with Gasteiger partial charge >= 0.3 is 0 Å². The zero-order valence-electron chi connectivity index (χ0n) is 12.5. The van der Waals surface area contributed by atoms with E-state index < -0.39 is 23.1 Å². The van der Waals surface area contributed by atoms with Crippen LogP contribution in [0.2, 0.25) is 0 Å². The topological polar surface area (TPSA) is 93.1 Å². The van der Waals surface area contributed by atoms with Crippen LogP contribution in [-0.2, 0) is 4.74 Å². The molecule has 0 saturated carbocycles. The molecule has 118 valence electrons. The fourth-order valence-electron chi connectivity index (χ4n) is 2.13. The molecule has 6 nitrogen and oxygen atoms in total. The van der Waals surface area contributed by atoms with Gasteiger partial charge in [0, 0.05) is 12.1 Å². The molecule has 1 aromatic carbocycles. The average Bonchev–Trinajstić information content (AvgIpc) is 2.49. The maximum atomic E-state index is 12.3. The Bertz CT molecular complexity index is 645. The van der Waals surface area contributed by atoms with Crippen LogP contribution >= 0.6 is 0 Å². The monoisotopic (exact) mass is 306 g/mol. The molecular weight excluding hydrogens is 288 g/mol. The van der Waals surface area contributed by atoms with Crippen LogP contribution in [0.3, 0.4) is 0 Å². The second kappa shape index (κ2) is 6.51. The lowest BCUT2D eigenvalue weighted by molar-refractivity contribution is 0.0878. The van der Waals surface area contributed by atoms with Gasteiger partial charge in [-0.1, -0.05) is 13.8 Å². The van der Waals surface area contributed by atoms with Gasteiger partial charge in [-0.2, -0.15) is 0 Å². The van der Waals surface area contributed by atoms with Crippen LogP contribution in [0, 0.1) is 0 Å². The van der Waals surface area contributed by atoms with E-state index in [2.05, 4.69) is 0 Å². The van der Waals surface area contributed by atoms with Gasteiger partial charge in [-0.15, -0.1) is 0 Å². The summed E-state index contributed by atoms with van der Waals surface area (Å²) in [6.07, 6.45) is 2.40. The molecule has 0 fully saturated rings. The van der Waals surface area contributed by atoms with Crippen LogP contribution in [0.15, 0.2) is 17.9 Å². The summed E-state index contributed by atoms with van der Waals surface area (Å²) >= 11 is 0. The average molecular weight is 306 g/mol. The predicted octanol–water partition coefficient (Wildman–Crippen LogP) is 2.58. The first kappa shape index (κ1) is 15.9. The summed E-state index contributed by atoms with van der Waals surface area (Å²) in [7, 11) is 0. The highest BCUT2D eigenvalue weighted by molar-refractivity contribution is 6.26. The third kappa shape index (κ3) is 2.77. The van der Waals surface area contributed by atoms with Crippen molar-refractivity contribution >= 4 is 11.6 Å². The Morgan fingerprint density at radius 2 is 1.64 bits per heavy atom. The summed E-state index contributed by atoms with van der Waals surface area (Å²) in [4.78, 5) is 24.5. The van der Waals surface area contributed by atoms with E-state index in [1.807, 2.05) is 13.8 Å². The van der Waals surface area contributed by atoms with Crippen LogP contribution in [0.4, 0.5) is 0 Å². The number of hydrogen-bond acceptors (Lipinski definition) is 6. The number of rotatable bonds is 6. The Kier molecular flexibility index (Phi) is 4.70. The number of allylic oxidation sites excluding steroid dienone is 2. The van der Waals surface area contributed by atoms with E-state index in [1.165, 1.54) is 0 Å². The number of ether oxygens (including phenoxy) is 2. The number of hydrogen-bond donors (Lipinski definition) is 2. The molecule has 22 heavy (non-hydrogen) atoms. The molecule has 0 atom stereocenters. The van der Waals surface area contributed by atoms with Gasteiger partial charge in [0.2, 0.25) is 5.78 Å². The lowest BCUT2D eigenvalue weighted by Gasteiger charge is -2.19. The molecule has 0 saturated heterocycles. The molecule has 1 aromatic rings. The number of phenols is 2. The highest BCUT2D eigenvalue weighted by Gasteiger charge is 2.34. The molecule has 0 aromatic heterocycles. The Hall–Kier alpha value is -2.50. The van der Waals surface area contributed by atoms with Crippen molar-refractivity contribution in [3.8, 4) is 17.2 Å². The summed E-state index contributed by atoms with van der Waals surface area (Å²) < 4.78 is 10.5. The molecule has 0 unspecified atom stereocenters. The number of Topliss-reactive ketones (excluding diaryl/α,β-unsaturated/α-hetero) is 1. The number of carbonyl (C=O) groups is 2. The Morgan fingerprint density at radius 1 is 1.00 bits per heavy atom. The fraction of sp³-hybridized carbons (Fsp3) is 0.375. The molecule has 1 aliphatic carbocycles. The molecule has 1 aliphatic rings. The smallest absolute Gasteiger partial charge is 0.232 e. The Balaban J connectivity index is 2.48. The number of fused-ring (bicyclic) bond motifs is 1. The van der Waals surface area contributed by atoms with Crippen molar-refractivity contribution in [1.82, 2.24) is 0 Å². The van der Waals surface area contributed by atoms with Crippen molar-refractivity contribution in [1.29, 1.82) is 0 Å². The normalized spacial score (nSPS) is 13.6. The third-order valence-corrected chi connectivity index (χ3v) is 3.13. The van der Waals surface area contributed by atoms with Crippen molar-refractivity contribution in [2.45, 2.75) is 26.7 Å². The SMILES string of the molecule is CCCOC1=CC(=O)c2c(O)c(OCCC)cc(O)c2C1=O. The minimum atomic E-state index is -0.627. The lowest BCUT2D eigenvalue weighted by atomic mass is 9.91. The zero-order chi connectivity index (χ0) is 16.3. The second-order valence-electron chi connectivity index (χ2n) is 4.89. The molecule has 0 spiro atoms. The predicted molar refractivity (Wildman–Crippen MR) is 78.5 cm³/mol. The molecule has 0 bridgehead atoms. The molecule has 0 aliphatic heterocycles. The van der Waals surface area contributed by atoms with Gasteiger partial charge in [-0.05, 0) is 12.8 Å². The highest BCUT2D eigenvalue weighted by atomic mass is 16.5. The van der Waals surface area contributed by atoms with Crippen molar-refractivity contribution in [2.24, 2.45) is 0 Å². The number of benzene rings is 1. The highest BCUT2D eigenvalue weighted by Crippen LogP contribution is 2.41. The van der Waals surface area contributed by atoms with Crippen molar-refractivity contribution in [3.63, 3.8) is 0 Å². The summed E-state index contributed by atoms with van der Waals surface area (Å²) in [5, 5.41) is 20.2. The molecule has 2 N–H and O–H groups in total. The second-order valence-corrected chi connectivity index (χ2v) is 4.89. The maximum Gasteiger partial charge on any atom is 0.232 e. The lowest BCUT2D eigenvalue weighted by Crippen LogP contribution is -2.19. The number of aromatic hydroxyl groups is 2. The summed E-state index contributed by atoms with van der Waals surface area (Å²) in [5.74, 6) is -2.23. The van der Waals surface area contributed by atoms with Gasteiger partial charge in [-0.25, -0.2) is 0 Å². The quantitative estimate of drug-likeness (QED) is 0.785. The summed E-state index contributed by atoms with van der Waals surface area (Å²) in [6.45, 7) is 4.34. The largest absolute Gasteiger partial charge is 0.507 e. The van der Waals surface area contributed by atoms with E-state index >= 15 is 0 Å². The Morgan fingerprint density at radius 3 is 2.27 bits per heavy atom. The van der Waals surface area contributed by atoms with E-state index in [4.69, 9.17) is 9.47 Å². The minimum Gasteiger partial charge on any atom is -0.507 e. The van der Waals surface area contributed by atoms with Gasteiger partial charge in [0.05, 0.1) is 24.3 Å². The van der Waals surface area contributed by atoms with Crippen LogP contribution < -0.4 is 4.74 Å². The number of ketones is 2. The maximum absolute atomic E-state index is 12.3. The van der Waals surface area contributed by atoms with Crippen molar-refractivity contribution < 1.29 is 29.3 Å². The molecule has 0 amide bonds. The summed E-state index contributed by atoms with van der Waals surface area (Å²) in [5.41, 5.74) is -0.500. The molecule has 6 heteroatoms. The third-order valence-electron chi connectivity index (χ3n) is 3.13. The first-order valence-corrected chi connectivity index (χ1v) is 7.16. The molecular formula is C16H18O6. The van der Waals surface area contributed by atoms with Gasteiger partial charge in [0.1, 0.15) is 5.75 Å². The van der Waals surface area contributed by atoms with Crippen LogP contribution in [-0.4, -0.2) is 35.0 Å². The van der Waals surface area contributed by atoms with Gasteiger partial charge in [0.25, 0.3) is 0 Å². The zero-order valence-corrected chi connectivity index (χ0v) is 12.5. The standard InChI is InChI=1S/C16H18O6/c1-3-5-21-11-7-9(17)14-13(15(11)19)10(18)8-12(16(14)20)22-6-4-2/h7-8,17,19H,3-6H2,1-2H3. The first-order chi connectivity index (χ1) is 10.5. The van der Waals surface area contributed by atoms with Crippen molar-refractivity contribution in [2.75, 3.05) is 13.2 Å². The van der Waals surface area contributed by atoms with E-state index in [0.29, 0.717) is 19.4 Å². The van der Waals surface area contributed by atoms with E-state index in [-0.39, 0.29) is 29.2 Å². The fourth-order valence-corrected chi connectivity index (χ4v) is 2.13. The van der Waals surface area contributed by atoms with E-state index in [1.54, 1.807) is 0 Å². The minimum absolute atomic E-state index is 0.0226.